The second-order valence-electron chi connectivity index (χ2n) is 4.88. The number of ether oxygens (including phenoxy) is 2. The molecule has 112 valence electrons. The summed E-state index contributed by atoms with van der Waals surface area (Å²) in [7, 11) is -3.77. The molecule has 1 N–H and O–H groups in total. The van der Waals surface area contributed by atoms with Gasteiger partial charge in [0.1, 0.15) is 5.82 Å². The predicted octanol–water partition coefficient (Wildman–Crippen LogP) is 2.02. The highest BCUT2D eigenvalue weighted by atomic mass is 79.9. The van der Waals surface area contributed by atoms with Gasteiger partial charge in [-0.25, -0.2) is 17.5 Å². The summed E-state index contributed by atoms with van der Waals surface area (Å²) >= 11 is 2.97. The van der Waals surface area contributed by atoms with Gasteiger partial charge in [-0.05, 0) is 48.0 Å². The third-order valence-electron chi connectivity index (χ3n) is 2.77. The third-order valence-corrected chi connectivity index (χ3v) is 4.83. The molecule has 1 aromatic carbocycles. The van der Waals surface area contributed by atoms with Crippen LogP contribution in [0.15, 0.2) is 27.6 Å². The van der Waals surface area contributed by atoms with Gasteiger partial charge in [-0.2, -0.15) is 0 Å². The maximum Gasteiger partial charge on any atom is 0.240 e. The molecule has 1 aliphatic heterocycles. The summed E-state index contributed by atoms with van der Waals surface area (Å²) in [5.74, 6) is -1.34. The minimum Gasteiger partial charge on any atom is -0.348 e. The Morgan fingerprint density at radius 2 is 2.20 bits per heavy atom. The number of rotatable bonds is 4. The number of sulfonamides is 1. The summed E-state index contributed by atoms with van der Waals surface area (Å²) < 4.78 is 50.8. The molecule has 1 aromatic rings. The van der Waals surface area contributed by atoms with Crippen LogP contribution in [0.2, 0.25) is 0 Å². The van der Waals surface area contributed by atoms with Crippen LogP contribution in [-0.2, 0) is 19.5 Å². The summed E-state index contributed by atoms with van der Waals surface area (Å²) in [6.45, 7) is 3.89. The van der Waals surface area contributed by atoms with Crippen LogP contribution in [0, 0.1) is 5.82 Å². The number of hydrogen-bond acceptors (Lipinski definition) is 4. The Morgan fingerprint density at radius 3 is 2.75 bits per heavy atom. The van der Waals surface area contributed by atoms with Crippen molar-refractivity contribution >= 4 is 26.0 Å². The average molecular weight is 368 g/mol. The molecule has 0 amide bonds. The first kappa shape index (κ1) is 15.8. The van der Waals surface area contributed by atoms with Crippen LogP contribution in [0.25, 0.3) is 0 Å². The lowest BCUT2D eigenvalue weighted by molar-refractivity contribution is -0.137. The molecule has 1 aliphatic rings. The van der Waals surface area contributed by atoms with E-state index < -0.39 is 21.6 Å². The second-order valence-corrected chi connectivity index (χ2v) is 7.50. The Bertz CT molecular complexity index is 605. The fourth-order valence-corrected chi connectivity index (χ4v) is 3.12. The standard InChI is InChI=1S/C12H15BrFNO4S/c1-12(2)18-7-8(19-12)6-15-20(16,17)9-3-4-10(13)11(14)5-9/h3-5,8,15H,6-7H2,1-2H3. The lowest BCUT2D eigenvalue weighted by atomic mass is 10.3. The largest absolute Gasteiger partial charge is 0.348 e. The first-order chi connectivity index (χ1) is 9.20. The van der Waals surface area contributed by atoms with Gasteiger partial charge in [0, 0.05) is 6.54 Å². The van der Waals surface area contributed by atoms with E-state index in [0.717, 1.165) is 6.07 Å². The Hall–Kier alpha value is -0.540. The first-order valence-corrected chi connectivity index (χ1v) is 8.24. The fraction of sp³-hybridized carbons (Fsp3) is 0.500. The Kier molecular flexibility index (Phi) is 4.50. The van der Waals surface area contributed by atoms with Gasteiger partial charge in [0.2, 0.25) is 10.0 Å². The Balaban J connectivity index is 2.03. The topological polar surface area (TPSA) is 64.6 Å². The van der Waals surface area contributed by atoms with Crippen molar-refractivity contribution in [3.63, 3.8) is 0 Å². The summed E-state index contributed by atoms with van der Waals surface area (Å²) in [4.78, 5) is -0.128. The van der Waals surface area contributed by atoms with Crippen LogP contribution in [0.1, 0.15) is 13.8 Å². The average Bonchev–Trinajstić information content (AvgIpc) is 2.70. The van der Waals surface area contributed by atoms with E-state index in [4.69, 9.17) is 9.47 Å². The molecule has 5 nitrogen and oxygen atoms in total. The van der Waals surface area contributed by atoms with E-state index >= 15 is 0 Å². The molecule has 8 heteroatoms. The molecule has 1 saturated heterocycles. The van der Waals surface area contributed by atoms with Crippen LogP contribution in [0.5, 0.6) is 0 Å². The van der Waals surface area contributed by atoms with E-state index in [1.54, 1.807) is 13.8 Å². The molecule has 0 bridgehead atoms. The molecule has 1 unspecified atom stereocenters. The highest BCUT2D eigenvalue weighted by molar-refractivity contribution is 9.10. The number of nitrogens with one attached hydrogen (secondary N) is 1. The predicted molar refractivity (Wildman–Crippen MR) is 74.2 cm³/mol. The van der Waals surface area contributed by atoms with Crippen molar-refractivity contribution in [3.8, 4) is 0 Å². The lowest BCUT2D eigenvalue weighted by Crippen LogP contribution is -2.34. The van der Waals surface area contributed by atoms with E-state index in [0.29, 0.717) is 6.61 Å². The zero-order valence-corrected chi connectivity index (χ0v) is 13.4. The van der Waals surface area contributed by atoms with E-state index in [9.17, 15) is 12.8 Å². The summed E-state index contributed by atoms with van der Waals surface area (Å²) in [6.07, 6.45) is -0.361. The molecule has 1 atom stereocenters. The third kappa shape index (κ3) is 3.76. The van der Waals surface area contributed by atoms with Gasteiger partial charge in [0.25, 0.3) is 0 Å². The second kappa shape index (κ2) is 5.69. The van der Waals surface area contributed by atoms with Crippen LogP contribution >= 0.6 is 15.9 Å². The molecule has 0 spiro atoms. The maximum absolute atomic E-state index is 13.4. The quantitative estimate of drug-likeness (QED) is 0.883. The van der Waals surface area contributed by atoms with E-state index in [1.165, 1.54) is 12.1 Å². The number of hydrogen-bond donors (Lipinski definition) is 1. The van der Waals surface area contributed by atoms with E-state index in [-0.39, 0.29) is 22.0 Å². The molecular formula is C12H15BrFNO4S. The minimum atomic E-state index is -3.77. The molecule has 0 saturated carbocycles. The summed E-state index contributed by atoms with van der Waals surface area (Å²) in [5.41, 5.74) is 0. The molecular weight excluding hydrogens is 353 g/mol. The van der Waals surface area contributed by atoms with Crippen molar-refractivity contribution in [1.29, 1.82) is 0 Å². The van der Waals surface area contributed by atoms with Gasteiger partial charge < -0.3 is 9.47 Å². The summed E-state index contributed by atoms with van der Waals surface area (Å²) in [6, 6.07) is 3.63. The summed E-state index contributed by atoms with van der Waals surface area (Å²) in [5, 5.41) is 0. The lowest BCUT2D eigenvalue weighted by Gasteiger charge is -2.17. The van der Waals surface area contributed by atoms with Gasteiger partial charge in [0.15, 0.2) is 5.79 Å². The van der Waals surface area contributed by atoms with Gasteiger partial charge >= 0.3 is 0 Å². The zero-order valence-electron chi connectivity index (χ0n) is 11.0. The van der Waals surface area contributed by atoms with Crippen molar-refractivity contribution in [2.45, 2.75) is 30.6 Å². The SMILES string of the molecule is CC1(C)OCC(CNS(=O)(=O)c2ccc(Br)c(F)c2)O1. The number of benzene rings is 1. The van der Waals surface area contributed by atoms with Crippen molar-refractivity contribution < 1.29 is 22.3 Å². The number of halogens is 2. The van der Waals surface area contributed by atoms with Gasteiger partial charge in [0.05, 0.1) is 22.1 Å². The van der Waals surface area contributed by atoms with Crippen molar-refractivity contribution in [1.82, 2.24) is 4.72 Å². The highest BCUT2D eigenvalue weighted by Gasteiger charge is 2.33. The van der Waals surface area contributed by atoms with Crippen molar-refractivity contribution in [3.05, 3.63) is 28.5 Å². The zero-order chi connectivity index (χ0) is 15.0. The monoisotopic (exact) mass is 367 g/mol. The minimum absolute atomic E-state index is 0.0729. The van der Waals surface area contributed by atoms with Crippen LogP contribution in [0.4, 0.5) is 4.39 Å². The Morgan fingerprint density at radius 1 is 1.50 bits per heavy atom. The first-order valence-electron chi connectivity index (χ1n) is 5.96. The van der Waals surface area contributed by atoms with Crippen LogP contribution in [-0.4, -0.2) is 33.5 Å². The maximum atomic E-state index is 13.4. The molecule has 0 radical (unpaired) electrons. The smallest absolute Gasteiger partial charge is 0.240 e. The van der Waals surface area contributed by atoms with E-state index in [2.05, 4.69) is 20.7 Å². The molecule has 1 heterocycles. The molecule has 1 fully saturated rings. The van der Waals surface area contributed by atoms with Gasteiger partial charge in [-0.3, -0.25) is 0 Å². The fourth-order valence-electron chi connectivity index (χ4n) is 1.79. The van der Waals surface area contributed by atoms with Gasteiger partial charge in [-0.1, -0.05) is 0 Å². The highest BCUT2D eigenvalue weighted by Crippen LogP contribution is 2.23. The molecule has 0 aliphatic carbocycles. The van der Waals surface area contributed by atoms with E-state index in [1.807, 2.05) is 0 Å². The normalized spacial score (nSPS) is 22.1. The molecule has 20 heavy (non-hydrogen) atoms. The van der Waals surface area contributed by atoms with Crippen molar-refractivity contribution in [2.75, 3.05) is 13.2 Å². The molecule has 0 aromatic heterocycles. The molecule has 2 rings (SSSR count). The van der Waals surface area contributed by atoms with Crippen LogP contribution in [0.3, 0.4) is 0 Å². The Labute approximate surface area is 125 Å². The van der Waals surface area contributed by atoms with Crippen molar-refractivity contribution in [2.24, 2.45) is 0 Å². The van der Waals surface area contributed by atoms with Gasteiger partial charge in [-0.15, -0.1) is 0 Å². The van der Waals surface area contributed by atoms with Crippen LogP contribution < -0.4 is 4.72 Å².